The molecule has 1 aromatic heterocycles. The van der Waals surface area contributed by atoms with Crippen molar-refractivity contribution in [3.05, 3.63) is 92.7 Å². The second kappa shape index (κ2) is 8.13. The smallest absolute Gasteiger partial charge is 0.344 e. The fourth-order valence-electron chi connectivity index (χ4n) is 3.26. The zero-order valence-electron chi connectivity index (χ0n) is 16.1. The van der Waals surface area contributed by atoms with Crippen LogP contribution in [-0.2, 0) is 6.61 Å². The van der Waals surface area contributed by atoms with Crippen LogP contribution in [0.3, 0.4) is 0 Å². The first kappa shape index (κ1) is 19.3. The number of fused-ring (bicyclic) bond motifs is 1. The Morgan fingerprint density at radius 1 is 0.931 bits per heavy atom. The Balaban J connectivity index is 1.69. The zero-order valence-corrected chi connectivity index (χ0v) is 17.7. The van der Waals surface area contributed by atoms with Crippen LogP contribution in [0, 0.1) is 6.92 Å². The molecular weight excluding hydrogens is 432 g/mol. The van der Waals surface area contributed by atoms with Gasteiger partial charge in [0.15, 0.2) is 0 Å². The van der Waals surface area contributed by atoms with Crippen molar-refractivity contribution < 1.29 is 13.9 Å². The second-order valence-corrected chi connectivity index (χ2v) is 7.61. The molecule has 0 aliphatic carbocycles. The van der Waals surface area contributed by atoms with E-state index in [0.29, 0.717) is 17.8 Å². The summed E-state index contributed by atoms with van der Waals surface area (Å²) in [6.45, 7) is 2.39. The van der Waals surface area contributed by atoms with Gasteiger partial charge in [-0.05, 0) is 66.1 Å². The number of benzene rings is 3. The Morgan fingerprint density at radius 2 is 1.62 bits per heavy atom. The largest absolute Gasteiger partial charge is 0.497 e. The molecule has 1 heterocycles. The number of aryl methyl sites for hydroxylation is 1. The third kappa shape index (κ3) is 4.05. The highest BCUT2D eigenvalue weighted by molar-refractivity contribution is 9.10. The molecule has 146 valence electrons. The molecule has 3 aromatic carbocycles. The Labute approximate surface area is 176 Å². The van der Waals surface area contributed by atoms with Crippen LogP contribution in [0.1, 0.15) is 11.1 Å². The van der Waals surface area contributed by atoms with Crippen molar-refractivity contribution in [2.75, 3.05) is 7.11 Å². The summed E-state index contributed by atoms with van der Waals surface area (Å²) in [6.07, 6.45) is 0. The van der Waals surface area contributed by atoms with Crippen LogP contribution < -0.4 is 15.1 Å². The van der Waals surface area contributed by atoms with Gasteiger partial charge in [0.05, 0.1) is 12.7 Å². The van der Waals surface area contributed by atoms with Gasteiger partial charge in [-0.15, -0.1) is 0 Å². The number of hydrogen-bond donors (Lipinski definition) is 0. The maximum absolute atomic E-state index is 12.6. The van der Waals surface area contributed by atoms with Gasteiger partial charge in [0.25, 0.3) is 0 Å². The van der Waals surface area contributed by atoms with E-state index >= 15 is 0 Å². The number of hydrogen-bond acceptors (Lipinski definition) is 4. The molecule has 0 atom stereocenters. The van der Waals surface area contributed by atoms with Gasteiger partial charge in [0.1, 0.15) is 23.7 Å². The quantitative estimate of drug-likeness (QED) is 0.343. The fourth-order valence-corrected chi connectivity index (χ4v) is 3.52. The van der Waals surface area contributed by atoms with E-state index in [9.17, 15) is 4.79 Å². The van der Waals surface area contributed by atoms with E-state index in [1.54, 1.807) is 13.2 Å². The van der Waals surface area contributed by atoms with Gasteiger partial charge in [0.2, 0.25) is 0 Å². The Hall–Kier alpha value is -3.05. The van der Waals surface area contributed by atoms with E-state index in [4.69, 9.17) is 13.9 Å². The average molecular weight is 451 g/mol. The highest BCUT2D eigenvalue weighted by Crippen LogP contribution is 2.30. The predicted molar refractivity (Wildman–Crippen MR) is 118 cm³/mol. The molecule has 0 amide bonds. The van der Waals surface area contributed by atoms with Crippen LogP contribution in [0.2, 0.25) is 0 Å². The molecule has 5 heteroatoms. The SMILES string of the molecule is COc1ccc(-c2c(C)c3cc(OCc4ccc(Br)cc4)ccc3oc2=O)cc1. The van der Waals surface area contributed by atoms with Crippen molar-refractivity contribution in [2.24, 2.45) is 0 Å². The van der Waals surface area contributed by atoms with Crippen LogP contribution in [0.15, 0.2) is 80.4 Å². The lowest BCUT2D eigenvalue weighted by atomic mass is 9.99. The minimum Gasteiger partial charge on any atom is -0.497 e. The molecule has 0 aliphatic heterocycles. The summed E-state index contributed by atoms with van der Waals surface area (Å²) < 4.78 is 17.7. The maximum Gasteiger partial charge on any atom is 0.344 e. The minimum absolute atomic E-state index is 0.358. The third-order valence-corrected chi connectivity index (χ3v) is 5.36. The lowest BCUT2D eigenvalue weighted by molar-refractivity contribution is 0.306. The molecule has 0 saturated carbocycles. The molecule has 0 unspecified atom stereocenters. The lowest BCUT2D eigenvalue weighted by Crippen LogP contribution is -2.06. The van der Waals surface area contributed by atoms with Gasteiger partial charge in [-0.25, -0.2) is 4.79 Å². The summed E-state index contributed by atoms with van der Waals surface area (Å²) in [6, 6.07) is 20.9. The fraction of sp³-hybridized carbons (Fsp3) is 0.125. The molecule has 0 spiro atoms. The second-order valence-electron chi connectivity index (χ2n) is 6.69. The summed E-state index contributed by atoms with van der Waals surface area (Å²) in [5, 5.41) is 0.851. The van der Waals surface area contributed by atoms with Crippen molar-refractivity contribution in [1.29, 1.82) is 0 Å². The third-order valence-electron chi connectivity index (χ3n) is 4.83. The molecule has 4 aromatic rings. The van der Waals surface area contributed by atoms with Gasteiger partial charge in [-0.2, -0.15) is 0 Å². The highest BCUT2D eigenvalue weighted by Gasteiger charge is 2.14. The van der Waals surface area contributed by atoms with E-state index in [-0.39, 0.29) is 5.63 Å². The van der Waals surface area contributed by atoms with Gasteiger partial charge >= 0.3 is 5.63 Å². The average Bonchev–Trinajstić information content (AvgIpc) is 2.74. The molecule has 4 rings (SSSR count). The summed E-state index contributed by atoms with van der Waals surface area (Å²) in [4.78, 5) is 12.6. The van der Waals surface area contributed by atoms with E-state index in [1.807, 2.05) is 67.6 Å². The molecule has 4 nitrogen and oxygen atoms in total. The van der Waals surface area contributed by atoms with Crippen LogP contribution >= 0.6 is 15.9 Å². The Bertz CT molecular complexity index is 1210. The predicted octanol–water partition coefficient (Wildman–Crippen LogP) is 6.12. The Morgan fingerprint density at radius 3 is 2.31 bits per heavy atom. The number of ether oxygens (including phenoxy) is 2. The van der Waals surface area contributed by atoms with Crippen LogP contribution in [0.4, 0.5) is 0 Å². The molecule has 29 heavy (non-hydrogen) atoms. The lowest BCUT2D eigenvalue weighted by Gasteiger charge is -2.11. The minimum atomic E-state index is -0.358. The van der Waals surface area contributed by atoms with Crippen LogP contribution in [0.25, 0.3) is 22.1 Å². The van der Waals surface area contributed by atoms with Crippen molar-refractivity contribution in [3.63, 3.8) is 0 Å². The standard InChI is InChI=1S/C24H19BrO4/c1-15-21-13-20(28-14-16-3-7-18(25)8-4-16)11-12-22(21)29-24(26)23(15)17-5-9-19(27-2)10-6-17/h3-13H,14H2,1-2H3. The van der Waals surface area contributed by atoms with Crippen molar-refractivity contribution in [3.8, 4) is 22.6 Å². The van der Waals surface area contributed by atoms with Gasteiger partial charge in [0, 0.05) is 9.86 Å². The monoisotopic (exact) mass is 450 g/mol. The van der Waals surface area contributed by atoms with Gasteiger partial charge < -0.3 is 13.9 Å². The highest BCUT2D eigenvalue weighted by atomic mass is 79.9. The van der Waals surface area contributed by atoms with E-state index in [2.05, 4.69) is 15.9 Å². The van der Waals surface area contributed by atoms with Crippen LogP contribution in [-0.4, -0.2) is 7.11 Å². The number of methoxy groups -OCH3 is 1. The van der Waals surface area contributed by atoms with Crippen molar-refractivity contribution in [2.45, 2.75) is 13.5 Å². The van der Waals surface area contributed by atoms with E-state index in [1.165, 1.54) is 0 Å². The molecule has 0 fully saturated rings. The van der Waals surface area contributed by atoms with E-state index in [0.717, 1.165) is 38.0 Å². The summed E-state index contributed by atoms with van der Waals surface area (Å²) in [5.74, 6) is 1.46. The Kier molecular flexibility index (Phi) is 5.41. The maximum atomic E-state index is 12.6. The molecule has 0 N–H and O–H groups in total. The van der Waals surface area contributed by atoms with Crippen molar-refractivity contribution in [1.82, 2.24) is 0 Å². The normalized spacial score (nSPS) is 10.9. The molecule has 0 radical (unpaired) electrons. The molecule has 0 saturated heterocycles. The van der Waals surface area contributed by atoms with Gasteiger partial charge in [-0.3, -0.25) is 0 Å². The number of rotatable bonds is 5. The molecule has 0 aliphatic rings. The molecule has 0 bridgehead atoms. The first-order chi connectivity index (χ1) is 14.0. The van der Waals surface area contributed by atoms with Crippen LogP contribution in [0.5, 0.6) is 11.5 Å². The first-order valence-electron chi connectivity index (χ1n) is 9.14. The zero-order chi connectivity index (χ0) is 20.4. The summed E-state index contributed by atoms with van der Waals surface area (Å²) in [7, 11) is 1.61. The first-order valence-corrected chi connectivity index (χ1v) is 9.93. The van der Waals surface area contributed by atoms with Gasteiger partial charge in [-0.1, -0.05) is 40.2 Å². The number of halogens is 1. The van der Waals surface area contributed by atoms with Crippen molar-refractivity contribution >= 4 is 26.9 Å². The topological polar surface area (TPSA) is 48.7 Å². The molecular formula is C24H19BrO4. The summed E-state index contributed by atoms with van der Waals surface area (Å²) in [5.41, 5.74) is 3.45. The summed E-state index contributed by atoms with van der Waals surface area (Å²) >= 11 is 3.43. The van der Waals surface area contributed by atoms with E-state index < -0.39 is 0 Å².